The minimum Gasteiger partial charge on any atom is -0.360 e. The molecule has 0 aliphatic rings. The van der Waals surface area contributed by atoms with Crippen LogP contribution in [0.3, 0.4) is 0 Å². The Hall–Kier alpha value is -1.23. The van der Waals surface area contributed by atoms with E-state index >= 15 is 0 Å². The second-order valence-electron chi connectivity index (χ2n) is 4.46. The molecule has 0 radical (unpaired) electrons. The SMILES string of the molecule is C=CCN(CCNS(=O)(=O)c1c(C)noc1C)S(C)(=O)=O. The van der Waals surface area contributed by atoms with E-state index in [1.54, 1.807) is 0 Å². The molecule has 0 saturated heterocycles. The second-order valence-corrected chi connectivity index (χ2v) is 8.15. The molecule has 0 amide bonds. The molecule has 1 rings (SSSR count). The van der Waals surface area contributed by atoms with Crippen LogP contribution in [0.2, 0.25) is 0 Å². The Kier molecular flexibility index (Phi) is 5.68. The molecule has 0 atom stereocenters. The first kappa shape index (κ1) is 17.8. The quantitative estimate of drug-likeness (QED) is 0.670. The lowest BCUT2D eigenvalue weighted by atomic mass is 10.4. The van der Waals surface area contributed by atoms with Crippen LogP contribution in [0, 0.1) is 13.8 Å². The monoisotopic (exact) mass is 337 g/mol. The Morgan fingerprint density at radius 2 is 1.95 bits per heavy atom. The zero-order chi connectivity index (χ0) is 16.3. The maximum Gasteiger partial charge on any atom is 0.246 e. The van der Waals surface area contributed by atoms with Gasteiger partial charge in [-0.3, -0.25) is 0 Å². The van der Waals surface area contributed by atoms with Crippen molar-refractivity contribution in [2.75, 3.05) is 25.9 Å². The largest absolute Gasteiger partial charge is 0.360 e. The summed E-state index contributed by atoms with van der Waals surface area (Å²) in [6, 6.07) is 0. The van der Waals surface area contributed by atoms with Crippen molar-refractivity contribution in [3.8, 4) is 0 Å². The number of nitrogens with zero attached hydrogens (tertiary/aromatic N) is 2. The third kappa shape index (κ3) is 4.63. The number of aryl methyl sites for hydroxylation is 2. The fourth-order valence-electron chi connectivity index (χ4n) is 1.77. The molecule has 0 bridgehead atoms. The molecule has 0 spiro atoms. The van der Waals surface area contributed by atoms with Crippen LogP contribution in [0.15, 0.2) is 22.1 Å². The molecule has 10 heteroatoms. The van der Waals surface area contributed by atoms with Crippen molar-refractivity contribution < 1.29 is 21.4 Å². The number of sulfonamides is 2. The van der Waals surface area contributed by atoms with Gasteiger partial charge in [0.25, 0.3) is 0 Å². The van der Waals surface area contributed by atoms with E-state index in [1.807, 2.05) is 0 Å². The Bertz CT molecular complexity index is 687. The molecule has 0 aromatic carbocycles. The molecule has 0 aliphatic carbocycles. The lowest BCUT2D eigenvalue weighted by Gasteiger charge is -2.18. The predicted octanol–water partition coefficient (Wildman–Crippen LogP) is 0.0173. The van der Waals surface area contributed by atoms with E-state index in [0.29, 0.717) is 0 Å². The van der Waals surface area contributed by atoms with Gasteiger partial charge in [-0.25, -0.2) is 21.6 Å². The van der Waals surface area contributed by atoms with Gasteiger partial charge < -0.3 is 4.52 Å². The van der Waals surface area contributed by atoms with Crippen molar-refractivity contribution >= 4 is 20.0 Å². The van der Waals surface area contributed by atoms with Crippen molar-refractivity contribution in [3.63, 3.8) is 0 Å². The number of nitrogens with one attached hydrogen (secondary N) is 1. The average Bonchev–Trinajstić information content (AvgIpc) is 2.67. The molecule has 8 nitrogen and oxygen atoms in total. The molecular weight excluding hydrogens is 318 g/mol. The van der Waals surface area contributed by atoms with E-state index in [-0.39, 0.29) is 36.0 Å². The Balaban J connectivity index is 2.77. The van der Waals surface area contributed by atoms with Crippen LogP contribution in [0.1, 0.15) is 11.5 Å². The van der Waals surface area contributed by atoms with Crippen LogP contribution < -0.4 is 4.72 Å². The maximum atomic E-state index is 12.1. The summed E-state index contributed by atoms with van der Waals surface area (Å²) in [5, 5.41) is 3.58. The molecule has 1 aromatic rings. The first-order valence-corrected chi connectivity index (χ1v) is 9.41. The predicted molar refractivity (Wildman–Crippen MR) is 77.8 cm³/mol. The molecule has 1 aromatic heterocycles. The van der Waals surface area contributed by atoms with Gasteiger partial charge in [0.1, 0.15) is 10.6 Å². The van der Waals surface area contributed by atoms with Gasteiger partial charge in [0.15, 0.2) is 5.76 Å². The Morgan fingerprint density at radius 3 is 2.38 bits per heavy atom. The summed E-state index contributed by atoms with van der Waals surface area (Å²) in [7, 11) is -7.21. The standard InChI is InChI=1S/C11H19N3O5S2/c1-5-7-14(20(4,15)16)8-6-12-21(17,18)11-9(2)13-19-10(11)3/h5,12H,1,6-8H2,2-4H3. The van der Waals surface area contributed by atoms with E-state index in [4.69, 9.17) is 4.52 Å². The Morgan fingerprint density at radius 1 is 1.33 bits per heavy atom. The van der Waals surface area contributed by atoms with Gasteiger partial charge in [-0.15, -0.1) is 6.58 Å². The van der Waals surface area contributed by atoms with E-state index in [2.05, 4.69) is 16.5 Å². The van der Waals surface area contributed by atoms with Crippen molar-refractivity contribution in [2.24, 2.45) is 0 Å². The van der Waals surface area contributed by atoms with Crippen LogP contribution in [0.5, 0.6) is 0 Å². The summed E-state index contributed by atoms with van der Waals surface area (Å²) in [5.41, 5.74) is 0.256. The minimum absolute atomic E-state index is 0.00740. The molecule has 0 saturated carbocycles. The van der Waals surface area contributed by atoms with Crippen molar-refractivity contribution in [3.05, 3.63) is 24.1 Å². The number of hydrogen-bond donors (Lipinski definition) is 1. The highest BCUT2D eigenvalue weighted by Gasteiger charge is 2.24. The van der Waals surface area contributed by atoms with E-state index in [9.17, 15) is 16.8 Å². The normalized spacial score (nSPS) is 12.8. The number of rotatable bonds is 8. The molecule has 0 unspecified atom stereocenters. The third-order valence-corrected chi connectivity index (χ3v) is 5.67. The maximum absolute atomic E-state index is 12.1. The Labute approximate surface area is 124 Å². The van der Waals surface area contributed by atoms with Crippen LogP contribution in [-0.2, 0) is 20.0 Å². The number of hydrogen-bond acceptors (Lipinski definition) is 6. The molecule has 120 valence electrons. The molecular formula is C11H19N3O5S2. The summed E-state index contributed by atoms with van der Waals surface area (Å²) in [5.74, 6) is 0.186. The van der Waals surface area contributed by atoms with Gasteiger partial charge in [0.2, 0.25) is 20.0 Å². The lowest BCUT2D eigenvalue weighted by molar-refractivity contribution is 0.390. The van der Waals surface area contributed by atoms with Crippen molar-refractivity contribution in [2.45, 2.75) is 18.7 Å². The summed E-state index contributed by atoms with van der Waals surface area (Å²) in [6.07, 6.45) is 2.49. The van der Waals surface area contributed by atoms with Gasteiger partial charge in [0.05, 0.1) is 6.26 Å². The van der Waals surface area contributed by atoms with Crippen LogP contribution in [0.25, 0.3) is 0 Å². The molecule has 1 N–H and O–H groups in total. The second kappa shape index (κ2) is 6.69. The molecule has 0 aliphatic heterocycles. The molecule has 1 heterocycles. The topological polar surface area (TPSA) is 110 Å². The summed E-state index contributed by atoms with van der Waals surface area (Å²) < 4.78 is 55.5. The molecule has 21 heavy (non-hydrogen) atoms. The smallest absolute Gasteiger partial charge is 0.246 e. The highest BCUT2D eigenvalue weighted by atomic mass is 32.2. The summed E-state index contributed by atoms with van der Waals surface area (Å²) in [4.78, 5) is -0.0165. The van der Waals surface area contributed by atoms with Crippen LogP contribution in [0.4, 0.5) is 0 Å². The van der Waals surface area contributed by atoms with Crippen molar-refractivity contribution in [1.82, 2.24) is 14.2 Å². The van der Waals surface area contributed by atoms with Gasteiger partial charge in [-0.2, -0.15) is 4.31 Å². The van der Waals surface area contributed by atoms with Crippen LogP contribution >= 0.6 is 0 Å². The highest BCUT2D eigenvalue weighted by Crippen LogP contribution is 2.18. The van der Waals surface area contributed by atoms with Gasteiger partial charge in [-0.05, 0) is 13.8 Å². The highest BCUT2D eigenvalue weighted by molar-refractivity contribution is 7.89. The van der Waals surface area contributed by atoms with Crippen molar-refractivity contribution in [1.29, 1.82) is 0 Å². The zero-order valence-corrected chi connectivity index (χ0v) is 13.8. The van der Waals surface area contributed by atoms with Crippen LogP contribution in [-0.4, -0.2) is 52.2 Å². The first-order valence-electron chi connectivity index (χ1n) is 6.08. The first-order chi connectivity index (χ1) is 9.59. The summed E-state index contributed by atoms with van der Waals surface area (Å²) in [6.45, 7) is 6.55. The minimum atomic E-state index is -3.79. The lowest BCUT2D eigenvalue weighted by Crippen LogP contribution is -2.38. The fourth-order valence-corrected chi connectivity index (χ4v) is 3.92. The van der Waals surface area contributed by atoms with E-state index in [1.165, 1.54) is 19.9 Å². The average molecular weight is 337 g/mol. The van der Waals surface area contributed by atoms with E-state index < -0.39 is 20.0 Å². The molecule has 0 fully saturated rings. The fraction of sp³-hybridized carbons (Fsp3) is 0.545. The van der Waals surface area contributed by atoms with E-state index in [0.717, 1.165) is 10.6 Å². The third-order valence-electron chi connectivity index (χ3n) is 2.69. The van der Waals surface area contributed by atoms with Gasteiger partial charge in [-0.1, -0.05) is 11.2 Å². The van der Waals surface area contributed by atoms with Gasteiger partial charge >= 0.3 is 0 Å². The number of aromatic nitrogens is 1. The summed E-state index contributed by atoms with van der Waals surface area (Å²) >= 11 is 0. The van der Waals surface area contributed by atoms with Gasteiger partial charge in [0, 0.05) is 19.6 Å². The zero-order valence-electron chi connectivity index (χ0n) is 12.2.